The molecule has 9 nitrogen and oxygen atoms in total. The van der Waals surface area contributed by atoms with Crippen LogP contribution < -0.4 is 10.9 Å². The molecule has 5 aliphatic rings. The van der Waals surface area contributed by atoms with Gasteiger partial charge in [0.1, 0.15) is 5.65 Å². The first kappa shape index (κ1) is 24.5. The molecule has 9 heteroatoms. The second-order valence-electron chi connectivity index (χ2n) is 12.2. The van der Waals surface area contributed by atoms with Crippen molar-refractivity contribution in [2.45, 2.75) is 76.1 Å². The molecule has 2 saturated carbocycles. The molecule has 2 N–H and O–H groups in total. The van der Waals surface area contributed by atoms with Crippen molar-refractivity contribution in [1.82, 2.24) is 19.4 Å². The quantitative estimate of drug-likeness (QED) is 0.292. The molecule has 2 bridgehead atoms. The van der Waals surface area contributed by atoms with Crippen molar-refractivity contribution in [1.29, 1.82) is 0 Å². The van der Waals surface area contributed by atoms with Gasteiger partial charge in [-0.1, -0.05) is 12.1 Å². The average molecular weight is 519 g/mol. The minimum Gasteiger partial charge on any atom is -0.633 e. The molecule has 3 aliphatic heterocycles. The number of pyridine rings is 1. The number of hydrogen-bond donors (Lipinski definition) is 2. The van der Waals surface area contributed by atoms with Crippen LogP contribution in [0.15, 0.2) is 29.2 Å². The number of hydrogen-bond acceptors (Lipinski definition) is 7. The summed E-state index contributed by atoms with van der Waals surface area (Å²) < 4.78 is 1.85. The van der Waals surface area contributed by atoms with E-state index < -0.39 is 0 Å². The summed E-state index contributed by atoms with van der Waals surface area (Å²) in [5.41, 5.74) is 1.79. The second kappa shape index (κ2) is 9.55. The molecule has 0 radical (unpaired) electrons. The predicted molar refractivity (Wildman–Crippen MR) is 148 cm³/mol. The zero-order valence-electron chi connectivity index (χ0n) is 22.0. The van der Waals surface area contributed by atoms with Crippen molar-refractivity contribution in [3.8, 4) is 0 Å². The summed E-state index contributed by atoms with van der Waals surface area (Å²) in [6.07, 6.45) is 8.91. The first-order chi connectivity index (χ1) is 18.5. The largest absolute Gasteiger partial charge is 0.633 e. The van der Waals surface area contributed by atoms with E-state index in [4.69, 9.17) is 4.98 Å². The highest BCUT2D eigenvalue weighted by atomic mass is 16.5. The van der Waals surface area contributed by atoms with Gasteiger partial charge in [0.25, 0.3) is 5.56 Å². The van der Waals surface area contributed by atoms with Crippen LogP contribution in [0.4, 0.5) is 5.95 Å². The fourth-order valence-corrected chi connectivity index (χ4v) is 6.92. The van der Waals surface area contributed by atoms with E-state index in [0.717, 1.165) is 74.7 Å². The molecule has 8 rings (SSSR count). The Labute approximate surface area is 222 Å². The second-order valence-corrected chi connectivity index (χ2v) is 12.2. The minimum atomic E-state index is -0.290. The molecule has 202 valence electrons. The number of quaternary nitrogens is 1. The number of benzene rings is 1. The summed E-state index contributed by atoms with van der Waals surface area (Å²) in [5, 5.41) is 28.8. The lowest BCUT2D eigenvalue weighted by molar-refractivity contribution is -0.881. The van der Waals surface area contributed by atoms with Crippen molar-refractivity contribution in [2.75, 3.05) is 38.0 Å². The van der Waals surface area contributed by atoms with Crippen LogP contribution in [0, 0.1) is 11.1 Å². The third kappa shape index (κ3) is 4.59. The third-order valence-electron chi connectivity index (χ3n) is 9.53. The van der Waals surface area contributed by atoms with Crippen molar-refractivity contribution >= 4 is 27.8 Å². The summed E-state index contributed by atoms with van der Waals surface area (Å²) in [7, 11) is 0. The highest BCUT2D eigenvalue weighted by molar-refractivity contribution is 6.04. The van der Waals surface area contributed by atoms with Crippen molar-refractivity contribution in [3.05, 3.63) is 45.5 Å². The smallest absolute Gasteiger partial charge is 0.260 e. The van der Waals surface area contributed by atoms with Crippen LogP contribution in [0.2, 0.25) is 0 Å². The number of aliphatic hydroxyl groups is 1. The van der Waals surface area contributed by atoms with Crippen LogP contribution in [0.25, 0.3) is 21.8 Å². The molecule has 0 atom stereocenters. The van der Waals surface area contributed by atoms with E-state index in [-0.39, 0.29) is 22.4 Å². The number of fused-ring (bicyclic) bond motifs is 7. The molecule has 2 aliphatic carbocycles. The van der Waals surface area contributed by atoms with Gasteiger partial charge in [-0.15, -0.1) is 0 Å². The highest BCUT2D eigenvalue weighted by Gasteiger charge is 2.35. The van der Waals surface area contributed by atoms with Gasteiger partial charge in [-0.2, -0.15) is 4.98 Å². The lowest BCUT2D eigenvalue weighted by Crippen LogP contribution is -2.47. The van der Waals surface area contributed by atoms with Gasteiger partial charge < -0.3 is 20.3 Å². The molecule has 0 amide bonds. The molecule has 1 aromatic carbocycles. The molecule has 3 saturated heterocycles. The number of nitrogens with one attached hydrogen (secondary N) is 1. The molecule has 2 aromatic heterocycles. The lowest BCUT2D eigenvalue weighted by Gasteiger charge is -2.44. The molecule has 5 fully saturated rings. The Morgan fingerprint density at radius 3 is 2.53 bits per heavy atom. The lowest BCUT2D eigenvalue weighted by atomic mass is 9.92. The zero-order valence-corrected chi connectivity index (χ0v) is 22.0. The van der Waals surface area contributed by atoms with E-state index in [1.54, 1.807) is 0 Å². The molecular formula is C29H38N6O3. The van der Waals surface area contributed by atoms with Crippen LogP contribution in [0.3, 0.4) is 0 Å². The van der Waals surface area contributed by atoms with Gasteiger partial charge in [0.05, 0.1) is 25.7 Å². The maximum absolute atomic E-state index is 14.1. The first-order valence-electron chi connectivity index (χ1n) is 14.5. The first-order valence-corrected chi connectivity index (χ1v) is 14.5. The van der Waals surface area contributed by atoms with Gasteiger partial charge in [-0.3, -0.25) is 14.3 Å². The standard InChI is InChI=1S/C29H38N6O3/c36-23-6-4-22(5-7-23)34-27-26(17-31-29(32-27)30-16-19-1-2-19)24-8-3-20(15-25(24)28(34)37)18-33-11-14-35(38)12-9-21(33)10-13-35/h3,8,15,17,19,21-23,36H,1-2,4-7,9-14,16,18H2,(H,30,31,32). The van der Waals surface area contributed by atoms with E-state index in [9.17, 15) is 15.1 Å². The van der Waals surface area contributed by atoms with Crippen LogP contribution in [0.1, 0.15) is 63.0 Å². The third-order valence-corrected chi connectivity index (χ3v) is 9.53. The number of rotatable bonds is 6. The van der Waals surface area contributed by atoms with Gasteiger partial charge >= 0.3 is 0 Å². The SMILES string of the molecule is O=c1c2cc(CN3CC[N+]4([O-])CCC3CC4)ccc2c2cnc(NCC3CC3)nc2n1C1CCC(O)CC1. The molecule has 38 heavy (non-hydrogen) atoms. The number of piperidine rings is 1. The van der Waals surface area contributed by atoms with Gasteiger partial charge in [0, 0.05) is 61.5 Å². The van der Waals surface area contributed by atoms with Gasteiger partial charge in [-0.05, 0) is 61.5 Å². The molecule has 5 heterocycles. The normalized spacial score (nSPS) is 30.1. The minimum absolute atomic E-state index is 0.00504. The Balaban J connectivity index is 1.28. The number of anilines is 1. The zero-order chi connectivity index (χ0) is 25.9. The monoisotopic (exact) mass is 518 g/mol. The van der Waals surface area contributed by atoms with E-state index in [2.05, 4.69) is 33.4 Å². The van der Waals surface area contributed by atoms with E-state index in [1.165, 1.54) is 12.8 Å². The summed E-state index contributed by atoms with van der Waals surface area (Å²) in [6, 6.07) is 6.71. The Hall–Kier alpha value is -2.59. The van der Waals surface area contributed by atoms with Crippen LogP contribution in [0.5, 0.6) is 0 Å². The average Bonchev–Trinajstić information content (AvgIpc) is 3.78. The molecule has 0 spiro atoms. The number of hydroxylamine groups is 3. The Morgan fingerprint density at radius 2 is 1.76 bits per heavy atom. The van der Waals surface area contributed by atoms with Gasteiger partial charge in [-0.25, -0.2) is 4.98 Å². The van der Waals surface area contributed by atoms with Crippen LogP contribution in [-0.2, 0) is 6.54 Å². The topological polar surface area (TPSA) is 106 Å². The van der Waals surface area contributed by atoms with Crippen molar-refractivity contribution in [3.63, 3.8) is 0 Å². The summed E-state index contributed by atoms with van der Waals surface area (Å²) in [5.74, 6) is 1.28. The van der Waals surface area contributed by atoms with Crippen LogP contribution >= 0.6 is 0 Å². The number of aliphatic hydroxyl groups excluding tert-OH is 1. The fraction of sp³-hybridized carbons (Fsp3) is 0.621. The number of nitrogens with zero attached hydrogens (tertiary/aromatic N) is 5. The summed E-state index contributed by atoms with van der Waals surface area (Å²) >= 11 is 0. The Kier molecular flexibility index (Phi) is 6.15. The van der Waals surface area contributed by atoms with Crippen molar-refractivity contribution in [2.24, 2.45) is 5.92 Å². The fourth-order valence-electron chi connectivity index (χ4n) is 6.92. The maximum Gasteiger partial charge on any atom is 0.260 e. The van der Waals surface area contributed by atoms with Gasteiger partial charge in [0.15, 0.2) is 0 Å². The molecular weight excluding hydrogens is 480 g/mol. The summed E-state index contributed by atoms with van der Waals surface area (Å²) in [6.45, 7) is 4.54. The van der Waals surface area contributed by atoms with E-state index in [1.807, 2.05) is 10.8 Å². The van der Waals surface area contributed by atoms with Crippen LogP contribution in [-0.4, -0.2) is 74.1 Å². The van der Waals surface area contributed by atoms with Gasteiger partial charge in [0.2, 0.25) is 5.95 Å². The Morgan fingerprint density at radius 1 is 0.974 bits per heavy atom. The van der Waals surface area contributed by atoms with E-state index in [0.29, 0.717) is 48.3 Å². The van der Waals surface area contributed by atoms with Crippen molar-refractivity contribution < 1.29 is 9.75 Å². The number of aromatic nitrogens is 3. The summed E-state index contributed by atoms with van der Waals surface area (Å²) in [4.78, 5) is 26.1. The Bertz CT molecular complexity index is 1400. The van der Waals surface area contributed by atoms with E-state index >= 15 is 0 Å². The maximum atomic E-state index is 14.1. The molecule has 0 unspecified atom stereocenters. The predicted octanol–water partition coefficient (Wildman–Crippen LogP) is 3.54. The molecule has 3 aromatic rings. The highest BCUT2D eigenvalue weighted by Crippen LogP contribution is 2.33.